The van der Waals surface area contributed by atoms with Crippen LogP contribution in [0, 0.1) is 0 Å². The topological polar surface area (TPSA) is 74.2 Å². The van der Waals surface area contributed by atoms with Gasteiger partial charge < -0.3 is 14.3 Å². The van der Waals surface area contributed by atoms with E-state index in [0.29, 0.717) is 10.0 Å². The second kappa shape index (κ2) is 11.9. The smallest absolute Gasteiger partial charge is 0.338 e. The van der Waals surface area contributed by atoms with Crippen LogP contribution < -0.4 is 0 Å². The molecule has 0 saturated carbocycles. The van der Waals surface area contributed by atoms with Crippen molar-refractivity contribution in [2.75, 3.05) is 13.7 Å². The van der Waals surface area contributed by atoms with E-state index < -0.39 is 29.0 Å². The Morgan fingerprint density at radius 3 is 2.03 bits per heavy atom. The number of benzene rings is 2. The summed E-state index contributed by atoms with van der Waals surface area (Å²) in [5, 5.41) is 4.27. The van der Waals surface area contributed by atoms with Crippen molar-refractivity contribution in [3.63, 3.8) is 0 Å². The number of nitrogens with zero attached hydrogens (tertiary/aromatic N) is 1. The zero-order chi connectivity index (χ0) is 22.1. The van der Waals surface area contributed by atoms with Crippen molar-refractivity contribution in [3.05, 3.63) is 69.7 Å². The van der Waals surface area contributed by atoms with Crippen LogP contribution in [0.15, 0.2) is 53.7 Å². The van der Waals surface area contributed by atoms with Crippen LogP contribution in [0.25, 0.3) is 0 Å². The van der Waals surface area contributed by atoms with E-state index in [-0.39, 0.29) is 17.7 Å². The zero-order valence-corrected chi connectivity index (χ0v) is 18.7. The van der Waals surface area contributed by atoms with Gasteiger partial charge in [0.15, 0.2) is 12.3 Å². The molecule has 0 aliphatic carbocycles. The van der Waals surface area contributed by atoms with Crippen molar-refractivity contribution in [1.82, 2.24) is 0 Å². The summed E-state index contributed by atoms with van der Waals surface area (Å²) in [6, 6.07) is 12.0. The quantitative estimate of drug-likeness (QED) is 0.199. The number of halogens is 4. The molecule has 3 unspecified atom stereocenters. The Balaban J connectivity index is 2.07. The maximum absolute atomic E-state index is 14.6. The van der Waals surface area contributed by atoms with E-state index in [9.17, 15) is 14.0 Å². The largest absolute Gasteiger partial charge is 0.461 e. The fourth-order valence-corrected chi connectivity index (χ4v) is 3.02. The molecule has 0 bridgehead atoms. The molecule has 0 aliphatic heterocycles. The number of alkyl halides is 2. The maximum atomic E-state index is 14.6. The highest BCUT2D eigenvalue weighted by Crippen LogP contribution is 2.20. The molecule has 30 heavy (non-hydrogen) atoms. The lowest BCUT2D eigenvalue weighted by Crippen LogP contribution is -2.39. The van der Waals surface area contributed by atoms with Gasteiger partial charge in [0.2, 0.25) is 0 Å². The predicted octanol–water partition coefficient (Wildman–Crippen LogP) is 5.11. The summed E-state index contributed by atoms with van der Waals surface area (Å²) in [6.07, 6.45) is -2.35. The van der Waals surface area contributed by atoms with Crippen LogP contribution in [-0.4, -0.2) is 49.0 Å². The number of rotatable bonds is 9. The lowest BCUT2D eigenvalue weighted by atomic mass is 10.1. The molecule has 0 spiro atoms. The van der Waals surface area contributed by atoms with Gasteiger partial charge in [0, 0.05) is 10.0 Å². The molecule has 2 aromatic rings. The van der Waals surface area contributed by atoms with E-state index >= 15 is 0 Å². The number of oxime groups is 1. The SMILES string of the molecule is CON=CC(F)C(OC(=O)c1ccc(Cl)cc1)C(Br)COC(=O)c1ccc(Cl)cc1. The van der Waals surface area contributed by atoms with Gasteiger partial charge in [-0.2, -0.15) is 0 Å². The third-order valence-electron chi connectivity index (χ3n) is 3.76. The Morgan fingerprint density at radius 2 is 1.53 bits per heavy atom. The van der Waals surface area contributed by atoms with Gasteiger partial charge in [-0.15, -0.1) is 0 Å². The summed E-state index contributed by atoms with van der Waals surface area (Å²) in [6.45, 7) is -0.277. The summed E-state index contributed by atoms with van der Waals surface area (Å²) in [7, 11) is 1.25. The number of carbonyl (C=O) groups is 2. The molecule has 0 aromatic heterocycles. The molecule has 0 fully saturated rings. The minimum atomic E-state index is -1.83. The number of hydrogen-bond acceptors (Lipinski definition) is 6. The highest BCUT2D eigenvalue weighted by molar-refractivity contribution is 9.09. The summed E-state index contributed by atoms with van der Waals surface area (Å²) >= 11 is 14.8. The Labute approximate surface area is 191 Å². The fourth-order valence-electron chi connectivity index (χ4n) is 2.24. The molecule has 2 aromatic carbocycles. The van der Waals surface area contributed by atoms with Gasteiger partial charge in [-0.25, -0.2) is 14.0 Å². The van der Waals surface area contributed by atoms with Crippen LogP contribution >= 0.6 is 39.1 Å². The van der Waals surface area contributed by atoms with Crippen molar-refractivity contribution in [2.45, 2.75) is 17.1 Å². The highest BCUT2D eigenvalue weighted by Gasteiger charge is 2.32. The third kappa shape index (κ3) is 7.27. The Bertz CT molecular complexity index is 880. The van der Waals surface area contributed by atoms with Crippen molar-refractivity contribution < 1.29 is 28.3 Å². The van der Waals surface area contributed by atoms with Gasteiger partial charge in [-0.1, -0.05) is 44.3 Å². The lowest BCUT2D eigenvalue weighted by molar-refractivity contribution is 0.00846. The molecule has 10 heteroatoms. The molecule has 0 saturated heterocycles. The Kier molecular flexibility index (Phi) is 9.55. The minimum Gasteiger partial charge on any atom is -0.461 e. The van der Waals surface area contributed by atoms with Crippen LogP contribution in [0.1, 0.15) is 20.7 Å². The normalized spacial score (nSPS) is 14.0. The molecule has 3 atom stereocenters. The minimum absolute atomic E-state index is 0.179. The van der Waals surface area contributed by atoms with E-state index in [1.807, 2.05) is 0 Å². The van der Waals surface area contributed by atoms with Crippen LogP contribution in [0.5, 0.6) is 0 Å². The summed E-state index contributed by atoms with van der Waals surface area (Å²) < 4.78 is 25.1. The van der Waals surface area contributed by atoms with Gasteiger partial charge in [0.1, 0.15) is 13.7 Å². The second-order valence-corrected chi connectivity index (χ2v) is 7.93. The van der Waals surface area contributed by atoms with Crippen molar-refractivity contribution in [2.24, 2.45) is 5.16 Å². The number of carbonyl (C=O) groups excluding carboxylic acids is 2. The first kappa shape index (κ1) is 24.1. The maximum Gasteiger partial charge on any atom is 0.338 e. The molecule has 0 N–H and O–H groups in total. The summed E-state index contributed by atoms with van der Waals surface area (Å²) in [4.78, 5) is 28.1. The van der Waals surface area contributed by atoms with Crippen molar-refractivity contribution >= 4 is 57.3 Å². The van der Waals surface area contributed by atoms with Gasteiger partial charge >= 0.3 is 11.9 Å². The highest BCUT2D eigenvalue weighted by atomic mass is 79.9. The van der Waals surface area contributed by atoms with Crippen LogP contribution in [-0.2, 0) is 14.3 Å². The third-order valence-corrected chi connectivity index (χ3v) is 5.04. The first-order chi connectivity index (χ1) is 14.3. The molecule has 0 heterocycles. The zero-order valence-electron chi connectivity index (χ0n) is 15.6. The average Bonchev–Trinajstić information content (AvgIpc) is 2.74. The molecule has 160 valence electrons. The van der Waals surface area contributed by atoms with Gasteiger partial charge in [0.05, 0.1) is 22.2 Å². The fraction of sp³-hybridized carbons (Fsp3) is 0.250. The van der Waals surface area contributed by atoms with Gasteiger partial charge in [-0.3, -0.25) is 0 Å². The number of hydrogen-bond donors (Lipinski definition) is 0. The Morgan fingerprint density at radius 1 is 1.03 bits per heavy atom. The van der Waals surface area contributed by atoms with Crippen molar-refractivity contribution in [3.8, 4) is 0 Å². The first-order valence-corrected chi connectivity index (χ1v) is 10.2. The van der Waals surface area contributed by atoms with Gasteiger partial charge in [0.25, 0.3) is 0 Å². The van der Waals surface area contributed by atoms with Crippen molar-refractivity contribution in [1.29, 1.82) is 0 Å². The van der Waals surface area contributed by atoms with Gasteiger partial charge in [-0.05, 0) is 48.5 Å². The second-order valence-electron chi connectivity index (χ2n) is 5.88. The molecule has 0 radical (unpaired) electrons. The van der Waals surface area contributed by atoms with Crippen LogP contribution in [0.3, 0.4) is 0 Å². The summed E-state index contributed by atoms with van der Waals surface area (Å²) in [5.74, 6) is -1.42. The van der Waals surface area contributed by atoms with E-state index in [4.69, 9.17) is 32.7 Å². The Hall–Kier alpha value is -2.16. The van der Waals surface area contributed by atoms with E-state index in [1.54, 1.807) is 12.1 Å². The lowest BCUT2D eigenvalue weighted by Gasteiger charge is -2.24. The van der Waals surface area contributed by atoms with E-state index in [2.05, 4.69) is 25.9 Å². The number of esters is 2. The molecular formula is C20H17BrCl2FNO5. The molecule has 2 rings (SSSR count). The predicted molar refractivity (Wildman–Crippen MR) is 116 cm³/mol. The summed E-state index contributed by atoms with van der Waals surface area (Å²) in [5.41, 5.74) is 0.449. The van der Waals surface area contributed by atoms with Crippen LogP contribution in [0.2, 0.25) is 10.0 Å². The van der Waals surface area contributed by atoms with E-state index in [1.165, 1.54) is 43.5 Å². The number of ether oxygens (including phenoxy) is 2. The standard InChI is InChI=1S/C20H17BrCl2FNO5/c1-28-25-10-17(24)18(30-20(27)13-4-8-15(23)9-5-13)16(21)11-29-19(26)12-2-6-14(22)7-3-12/h2-10,16-18H,11H2,1H3. The molecule has 0 aliphatic rings. The molecular weight excluding hydrogens is 504 g/mol. The van der Waals surface area contributed by atoms with Crippen LogP contribution in [0.4, 0.5) is 4.39 Å². The molecule has 0 amide bonds. The monoisotopic (exact) mass is 519 g/mol. The average molecular weight is 521 g/mol. The van der Waals surface area contributed by atoms with E-state index in [0.717, 1.165) is 6.21 Å². The molecule has 6 nitrogen and oxygen atoms in total. The first-order valence-electron chi connectivity index (χ1n) is 8.56.